The van der Waals surface area contributed by atoms with Crippen molar-refractivity contribution in [1.29, 1.82) is 0 Å². The summed E-state index contributed by atoms with van der Waals surface area (Å²) in [4.78, 5) is 11.7. The number of hydrogen-bond donors (Lipinski definition) is 1. The standard InChI is InChI=1S/C13H16O4/c1-16-10-4-3-9(7-11(10)17-2)13(8-14)6-5-12(13)15/h3-4,7,14H,5-6,8H2,1-2H3/t13-/m1/s1. The molecule has 4 nitrogen and oxygen atoms in total. The second kappa shape index (κ2) is 4.37. The van der Waals surface area contributed by atoms with Crippen LogP contribution >= 0.6 is 0 Å². The summed E-state index contributed by atoms with van der Waals surface area (Å²) in [6.45, 7) is -0.151. The van der Waals surface area contributed by atoms with Crippen molar-refractivity contribution in [1.82, 2.24) is 0 Å². The van der Waals surface area contributed by atoms with Gasteiger partial charge >= 0.3 is 0 Å². The van der Waals surface area contributed by atoms with Crippen LogP contribution in [0.2, 0.25) is 0 Å². The molecule has 0 unspecified atom stereocenters. The second-order valence-corrected chi connectivity index (χ2v) is 4.23. The van der Waals surface area contributed by atoms with Gasteiger partial charge in [0.05, 0.1) is 26.2 Å². The zero-order valence-electron chi connectivity index (χ0n) is 10.0. The normalized spacial score (nSPS) is 23.1. The molecule has 1 fully saturated rings. The fourth-order valence-corrected chi connectivity index (χ4v) is 2.23. The Balaban J connectivity index is 2.42. The van der Waals surface area contributed by atoms with Crippen LogP contribution < -0.4 is 9.47 Å². The molecule has 1 N–H and O–H groups in total. The molecule has 0 bridgehead atoms. The van der Waals surface area contributed by atoms with Crippen molar-refractivity contribution in [2.24, 2.45) is 0 Å². The van der Waals surface area contributed by atoms with Crippen molar-refractivity contribution in [3.8, 4) is 11.5 Å². The Hall–Kier alpha value is -1.55. The van der Waals surface area contributed by atoms with Crippen LogP contribution in [0, 0.1) is 0 Å². The molecule has 1 aliphatic rings. The quantitative estimate of drug-likeness (QED) is 0.856. The van der Waals surface area contributed by atoms with Crippen molar-refractivity contribution in [3.63, 3.8) is 0 Å². The fraction of sp³-hybridized carbons (Fsp3) is 0.462. The number of Topliss-reactive ketones (excluding diaryl/α,β-unsaturated/α-hetero) is 1. The summed E-state index contributed by atoms with van der Waals surface area (Å²) in [5.41, 5.74) is 0.0772. The first-order valence-electron chi connectivity index (χ1n) is 5.54. The molecular weight excluding hydrogens is 220 g/mol. The van der Waals surface area contributed by atoms with E-state index in [1.54, 1.807) is 26.4 Å². The van der Waals surface area contributed by atoms with Gasteiger partial charge in [0.25, 0.3) is 0 Å². The van der Waals surface area contributed by atoms with Crippen LogP contribution in [-0.2, 0) is 10.2 Å². The van der Waals surface area contributed by atoms with Gasteiger partial charge in [0, 0.05) is 6.42 Å². The zero-order chi connectivity index (χ0) is 12.5. The Morgan fingerprint density at radius 2 is 2.00 bits per heavy atom. The van der Waals surface area contributed by atoms with Crippen LogP contribution in [0.25, 0.3) is 0 Å². The average Bonchev–Trinajstić information content (AvgIpc) is 2.38. The van der Waals surface area contributed by atoms with Gasteiger partial charge in [0.1, 0.15) is 5.78 Å². The predicted molar refractivity (Wildman–Crippen MR) is 62.6 cm³/mol. The first kappa shape index (κ1) is 11.9. The third-order valence-corrected chi connectivity index (χ3v) is 3.52. The summed E-state index contributed by atoms with van der Waals surface area (Å²) >= 11 is 0. The van der Waals surface area contributed by atoms with Crippen molar-refractivity contribution in [2.45, 2.75) is 18.3 Å². The van der Waals surface area contributed by atoms with Gasteiger partial charge in [-0.1, -0.05) is 6.07 Å². The smallest absolute Gasteiger partial charge is 0.161 e. The van der Waals surface area contributed by atoms with E-state index >= 15 is 0 Å². The highest BCUT2D eigenvalue weighted by Gasteiger charge is 2.47. The van der Waals surface area contributed by atoms with Crippen LogP contribution in [0.5, 0.6) is 11.5 Å². The molecule has 0 saturated heterocycles. The maximum absolute atomic E-state index is 11.7. The van der Waals surface area contributed by atoms with Gasteiger partial charge in [-0.05, 0) is 24.1 Å². The zero-order valence-corrected chi connectivity index (χ0v) is 10.0. The topological polar surface area (TPSA) is 55.8 Å². The number of ketones is 1. The molecule has 92 valence electrons. The van der Waals surface area contributed by atoms with E-state index in [9.17, 15) is 9.90 Å². The maximum Gasteiger partial charge on any atom is 0.161 e. The van der Waals surface area contributed by atoms with E-state index in [1.807, 2.05) is 6.07 Å². The van der Waals surface area contributed by atoms with Crippen molar-refractivity contribution >= 4 is 5.78 Å². The number of methoxy groups -OCH3 is 2. The lowest BCUT2D eigenvalue weighted by atomic mass is 9.64. The van der Waals surface area contributed by atoms with Gasteiger partial charge in [-0.15, -0.1) is 0 Å². The Bertz CT molecular complexity index is 437. The Morgan fingerprint density at radius 3 is 2.41 bits per heavy atom. The highest BCUT2D eigenvalue weighted by Crippen LogP contribution is 2.42. The van der Waals surface area contributed by atoms with Gasteiger partial charge in [-0.2, -0.15) is 0 Å². The molecule has 0 aliphatic heterocycles. The average molecular weight is 236 g/mol. The van der Waals surface area contributed by atoms with Gasteiger partial charge in [0.15, 0.2) is 11.5 Å². The van der Waals surface area contributed by atoms with Gasteiger partial charge < -0.3 is 14.6 Å². The SMILES string of the molecule is COc1ccc([C@]2(CO)CCC2=O)cc1OC. The number of benzene rings is 1. The van der Waals surface area contributed by atoms with Crippen molar-refractivity contribution in [3.05, 3.63) is 23.8 Å². The molecule has 0 aromatic heterocycles. The Labute approximate surface area is 100 Å². The number of carbonyl (C=O) groups excluding carboxylic acids is 1. The lowest BCUT2D eigenvalue weighted by Gasteiger charge is -2.39. The Morgan fingerprint density at radius 1 is 1.29 bits per heavy atom. The molecule has 4 heteroatoms. The summed E-state index contributed by atoms with van der Waals surface area (Å²) in [6.07, 6.45) is 1.23. The van der Waals surface area contributed by atoms with E-state index in [2.05, 4.69) is 0 Å². The number of hydrogen-bond acceptors (Lipinski definition) is 4. The number of aliphatic hydroxyl groups excluding tert-OH is 1. The predicted octanol–water partition coefficient (Wildman–Crippen LogP) is 1.30. The molecule has 1 aromatic carbocycles. The van der Waals surface area contributed by atoms with Crippen molar-refractivity contribution < 1.29 is 19.4 Å². The van der Waals surface area contributed by atoms with Crippen LogP contribution in [0.1, 0.15) is 18.4 Å². The van der Waals surface area contributed by atoms with E-state index in [0.29, 0.717) is 24.3 Å². The summed E-state index contributed by atoms with van der Waals surface area (Å²) in [5, 5.41) is 9.46. The number of rotatable bonds is 4. The maximum atomic E-state index is 11.7. The van der Waals surface area contributed by atoms with Gasteiger partial charge in [0.2, 0.25) is 0 Å². The molecule has 1 saturated carbocycles. The third kappa shape index (κ3) is 1.69. The first-order chi connectivity index (χ1) is 8.17. The molecular formula is C13H16O4. The van der Waals surface area contributed by atoms with E-state index in [-0.39, 0.29) is 12.4 Å². The van der Waals surface area contributed by atoms with Crippen LogP contribution in [-0.4, -0.2) is 31.7 Å². The highest BCUT2D eigenvalue weighted by atomic mass is 16.5. The number of carbonyl (C=O) groups is 1. The van der Waals surface area contributed by atoms with E-state index in [1.165, 1.54) is 0 Å². The number of ether oxygens (including phenoxy) is 2. The Kier molecular flexibility index (Phi) is 3.07. The van der Waals surface area contributed by atoms with Crippen LogP contribution in [0.15, 0.2) is 18.2 Å². The third-order valence-electron chi connectivity index (χ3n) is 3.52. The lowest BCUT2D eigenvalue weighted by molar-refractivity contribution is -0.134. The minimum absolute atomic E-state index is 0.0900. The molecule has 0 amide bonds. The van der Waals surface area contributed by atoms with E-state index in [4.69, 9.17) is 9.47 Å². The van der Waals surface area contributed by atoms with Gasteiger partial charge in [-0.3, -0.25) is 4.79 Å². The van der Waals surface area contributed by atoms with Crippen LogP contribution in [0.3, 0.4) is 0 Å². The molecule has 1 aliphatic carbocycles. The minimum Gasteiger partial charge on any atom is -0.493 e. The number of aliphatic hydroxyl groups is 1. The summed E-state index contributed by atoms with van der Waals surface area (Å²) in [5.74, 6) is 1.29. The summed E-state index contributed by atoms with van der Waals surface area (Å²) in [6, 6.07) is 5.35. The molecule has 0 radical (unpaired) electrons. The molecule has 0 heterocycles. The largest absolute Gasteiger partial charge is 0.493 e. The van der Waals surface area contributed by atoms with Crippen LogP contribution in [0.4, 0.5) is 0 Å². The summed E-state index contributed by atoms with van der Waals surface area (Å²) < 4.78 is 10.3. The molecule has 1 aromatic rings. The molecule has 2 rings (SSSR count). The molecule has 1 atom stereocenters. The van der Waals surface area contributed by atoms with Gasteiger partial charge in [-0.25, -0.2) is 0 Å². The molecule has 0 spiro atoms. The highest BCUT2D eigenvalue weighted by molar-refractivity contribution is 5.96. The van der Waals surface area contributed by atoms with E-state index < -0.39 is 5.41 Å². The second-order valence-electron chi connectivity index (χ2n) is 4.23. The lowest BCUT2D eigenvalue weighted by Crippen LogP contribution is -2.48. The first-order valence-corrected chi connectivity index (χ1v) is 5.54. The monoisotopic (exact) mass is 236 g/mol. The fourth-order valence-electron chi connectivity index (χ4n) is 2.23. The molecule has 17 heavy (non-hydrogen) atoms. The van der Waals surface area contributed by atoms with E-state index in [0.717, 1.165) is 5.56 Å². The minimum atomic E-state index is -0.723. The summed E-state index contributed by atoms with van der Waals surface area (Å²) in [7, 11) is 3.11. The van der Waals surface area contributed by atoms with Crippen molar-refractivity contribution in [2.75, 3.05) is 20.8 Å².